The molecule has 52 heavy (non-hydrogen) atoms. The van der Waals surface area contributed by atoms with Crippen molar-refractivity contribution >= 4 is 75.0 Å². The maximum Gasteiger partial charge on any atom is 0.164 e. The second-order valence-electron chi connectivity index (χ2n) is 13.1. The highest BCUT2D eigenvalue weighted by Crippen LogP contribution is 2.45. The molecule has 0 aliphatic rings. The monoisotopic (exact) mass is 681 g/mol. The summed E-state index contributed by atoms with van der Waals surface area (Å²) in [6.45, 7) is 0. The van der Waals surface area contributed by atoms with E-state index in [0.29, 0.717) is 17.5 Å². The van der Waals surface area contributed by atoms with Crippen LogP contribution in [0, 0.1) is 0 Å². The number of benzene rings is 8. The van der Waals surface area contributed by atoms with E-state index in [1.807, 2.05) is 65.9 Å². The van der Waals surface area contributed by atoms with E-state index in [1.54, 1.807) is 0 Å². The summed E-state index contributed by atoms with van der Waals surface area (Å²) < 4.78 is 8.86. The lowest BCUT2D eigenvalue weighted by atomic mass is 9.96. The smallest absolute Gasteiger partial charge is 0.164 e. The zero-order valence-corrected chi connectivity index (χ0v) is 28.6. The second-order valence-corrected chi connectivity index (χ2v) is 14.2. The third kappa shape index (κ3) is 4.50. The molecule has 0 aliphatic heterocycles. The highest BCUT2D eigenvalue weighted by Gasteiger charge is 2.19. The van der Waals surface area contributed by atoms with Gasteiger partial charge in [-0.05, 0) is 45.5 Å². The van der Waals surface area contributed by atoms with Crippen LogP contribution >= 0.6 is 11.3 Å². The molecule has 11 aromatic rings. The van der Waals surface area contributed by atoms with Crippen LogP contribution in [0.3, 0.4) is 0 Å². The number of aromatic nitrogens is 3. The molecule has 0 atom stereocenters. The third-order valence-corrected chi connectivity index (χ3v) is 11.4. The van der Waals surface area contributed by atoms with Crippen LogP contribution in [0.4, 0.5) is 0 Å². The standard InChI is InChI=1S/C47H27N3OS/c1-3-11-28(12-4-1)32-16-9-18-37-38-26-22-29-21-24-33-36(42(29)44(38)52-43(32)37)17-10-19-39(33)47-49-45(30-13-5-2-6-14-30)48-46(50-47)31-23-25-35-34-15-7-8-20-40(34)51-41(35)27-31/h1-27H. The molecule has 0 aliphatic carbocycles. The van der Waals surface area contributed by atoms with E-state index in [2.05, 4.69) is 109 Å². The van der Waals surface area contributed by atoms with Gasteiger partial charge in [0.25, 0.3) is 0 Å². The summed E-state index contributed by atoms with van der Waals surface area (Å²) >= 11 is 1.88. The van der Waals surface area contributed by atoms with E-state index < -0.39 is 0 Å². The summed E-state index contributed by atoms with van der Waals surface area (Å²) in [6.07, 6.45) is 0. The first-order valence-electron chi connectivity index (χ1n) is 17.4. The van der Waals surface area contributed by atoms with Crippen LogP contribution < -0.4 is 0 Å². The van der Waals surface area contributed by atoms with E-state index >= 15 is 0 Å². The van der Waals surface area contributed by atoms with Crippen molar-refractivity contribution < 1.29 is 4.42 Å². The highest BCUT2D eigenvalue weighted by molar-refractivity contribution is 7.27. The van der Waals surface area contributed by atoms with Crippen molar-refractivity contribution in [2.24, 2.45) is 0 Å². The molecule has 11 rings (SSSR count). The molecule has 0 saturated carbocycles. The fourth-order valence-corrected chi connectivity index (χ4v) is 9.08. The Balaban J connectivity index is 1.14. The Morgan fingerprint density at radius 2 is 0.962 bits per heavy atom. The largest absolute Gasteiger partial charge is 0.456 e. The Labute approximate surface area is 302 Å². The number of nitrogens with zero attached hydrogens (tertiary/aromatic N) is 3. The topological polar surface area (TPSA) is 51.8 Å². The van der Waals surface area contributed by atoms with Crippen molar-refractivity contribution in [2.45, 2.75) is 0 Å². The third-order valence-electron chi connectivity index (χ3n) is 10.1. The van der Waals surface area contributed by atoms with E-state index in [9.17, 15) is 0 Å². The van der Waals surface area contributed by atoms with Crippen molar-refractivity contribution in [3.8, 4) is 45.3 Å². The predicted octanol–water partition coefficient (Wildman–Crippen LogP) is 13.1. The number of thiophene rings is 1. The number of hydrogen-bond acceptors (Lipinski definition) is 5. The SMILES string of the molecule is c1ccc(-c2nc(-c3ccc4c(c3)oc3ccccc34)nc(-c3cccc4c3ccc3ccc5c6cccc(-c7ccccc7)c6sc5c34)n2)cc1. The average molecular weight is 682 g/mol. The molecule has 3 heterocycles. The van der Waals surface area contributed by atoms with Crippen LogP contribution in [0.25, 0.3) is 109 Å². The van der Waals surface area contributed by atoms with Crippen LogP contribution in [0.2, 0.25) is 0 Å². The fraction of sp³-hybridized carbons (Fsp3) is 0. The van der Waals surface area contributed by atoms with Crippen LogP contribution in [0.15, 0.2) is 168 Å². The van der Waals surface area contributed by atoms with Gasteiger partial charge in [-0.1, -0.05) is 146 Å². The lowest BCUT2D eigenvalue weighted by molar-refractivity contribution is 0.669. The van der Waals surface area contributed by atoms with Crippen LogP contribution in [0.5, 0.6) is 0 Å². The molecule has 242 valence electrons. The van der Waals surface area contributed by atoms with Gasteiger partial charge >= 0.3 is 0 Å². The Bertz CT molecular complexity index is 3180. The summed E-state index contributed by atoms with van der Waals surface area (Å²) in [4.78, 5) is 15.3. The molecule has 0 bridgehead atoms. The van der Waals surface area contributed by atoms with Crippen LogP contribution in [-0.4, -0.2) is 15.0 Å². The molecular formula is C47H27N3OS. The average Bonchev–Trinajstić information content (AvgIpc) is 3.79. The van der Waals surface area contributed by atoms with Crippen LogP contribution in [-0.2, 0) is 0 Å². The molecular weight excluding hydrogens is 655 g/mol. The minimum absolute atomic E-state index is 0.601. The first kappa shape index (κ1) is 29.1. The van der Waals surface area contributed by atoms with Gasteiger partial charge < -0.3 is 4.42 Å². The maximum absolute atomic E-state index is 6.26. The van der Waals surface area contributed by atoms with Gasteiger partial charge in [-0.15, -0.1) is 11.3 Å². The molecule has 4 nitrogen and oxygen atoms in total. The minimum atomic E-state index is 0.601. The Morgan fingerprint density at radius 3 is 1.79 bits per heavy atom. The summed E-state index contributed by atoms with van der Waals surface area (Å²) in [5, 5.41) is 9.48. The zero-order chi connectivity index (χ0) is 34.2. The molecule has 8 aromatic carbocycles. The first-order valence-corrected chi connectivity index (χ1v) is 18.2. The van der Waals surface area contributed by atoms with Gasteiger partial charge in [-0.2, -0.15) is 0 Å². The van der Waals surface area contributed by atoms with Gasteiger partial charge in [0.15, 0.2) is 17.5 Å². The summed E-state index contributed by atoms with van der Waals surface area (Å²) in [6, 6.07) is 57.3. The Morgan fingerprint density at radius 1 is 0.365 bits per heavy atom. The minimum Gasteiger partial charge on any atom is -0.456 e. The molecule has 5 heteroatoms. The quantitative estimate of drug-likeness (QED) is 0.174. The van der Waals surface area contributed by atoms with Crippen molar-refractivity contribution in [3.05, 3.63) is 164 Å². The lowest BCUT2D eigenvalue weighted by Gasteiger charge is -2.12. The molecule has 0 saturated heterocycles. The second kappa shape index (κ2) is 11.4. The number of rotatable bonds is 4. The number of furan rings is 1. The molecule has 0 fully saturated rings. The molecule has 0 unspecified atom stereocenters. The first-order chi connectivity index (χ1) is 25.8. The van der Waals surface area contributed by atoms with Gasteiger partial charge in [-0.3, -0.25) is 0 Å². The van der Waals surface area contributed by atoms with Crippen molar-refractivity contribution in [2.75, 3.05) is 0 Å². The van der Waals surface area contributed by atoms with Crippen molar-refractivity contribution in [1.82, 2.24) is 15.0 Å². The molecule has 0 spiro atoms. The number of hydrogen-bond donors (Lipinski definition) is 0. The van der Waals surface area contributed by atoms with Gasteiger partial charge in [0.05, 0.1) is 0 Å². The van der Waals surface area contributed by atoms with Gasteiger partial charge in [0.1, 0.15) is 11.2 Å². The van der Waals surface area contributed by atoms with Crippen LogP contribution in [0.1, 0.15) is 0 Å². The van der Waals surface area contributed by atoms with E-state index in [4.69, 9.17) is 19.4 Å². The van der Waals surface area contributed by atoms with Gasteiger partial charge in [-0.25, -0.2) is 15.0 Å². The Hall–Kier alpha value is -6.69. The summed E-state index contributed by atoms with van der Waals surface area (Å²) in [7, 11) is 0. The molecule has 0 N–H and O–H groups in total. The summed E-state index contributed by atoms with van der Waals surface area (Å²) in [5.74, 6) is 1.86. The summed E-state index contributed by atoms with van der Waals surface area (Å²) in [5.41, 5.74) is 6.94. The van der Waals surface area contributed by atoms with E-state index in [1.165, 1.54) is 47.5 Å². The van der Waals surface area contributed by atoms with Gasteiger partial charge in [0.2, 0.25) is 0 Å². The number of para-hydroxylation sites is 1. The maximum atomic E-state index is 6.26. The van der Waals surface area contributed by atoms with E-state index in [-0.39, 0.29) is 0 Å². The fourth-order valence-electron chi connectivity index (χ4n) is 7.68. The number of fused-ring (bicyclic) bond motifs is 10. The van der Waals surface area contributed by atoms with Crippen molar-refractivity contribution in [1.29, 1.82) is 0 Å². The Kier molecular flexibility index (Phi) is 6.39. The van der Waals surface area contributed by atoms with Crippen molar-refractivity contribution in [3.63, 3.8) is 0 Å². The predicted molar refractivity (Wildman–Crippen MR) is 217 cm³/mol. The molecule has 0 amide bonds. The van der Waals surface area contributed by atoms with E-state index in [0.717, 1.165) is 44.0 Å². The normalized spacial score (nSPS) is 11.8. The molecule has 3 aromatic heterocycles. The highest BCUT2D eigenvalue weighted by atomic mass is 32.1. The zero-order valence-electron chi connectivity index (χ0n) is 27.7. The van der Waals surface area contributed by atoms with Gasteiger partial charge in [0, 0.05) is 53.0 Å². The lowest BCUT2D eigenvalue weighted by Crippen LogP contribution is -2.00. The molecule has 0 radical (unpaired) electrons.